The molecule has 0 aromatic carbocycles. The van der Waals surface area contributed by atoms with E-state index >= 15 is 0 Å². The fourth-order valence-electron chi connectivity index (χ4n) is 2.01. The van der Waals surface area contributed by atoms with Crippen LogP contribution < -0.4 is 11.1 Å². The Morgan fingerprint density at radius 1 is 1.53 bits per heavy atom. The maximum Gasteiger partial charge on any atom is 0.221 e. The molecule has 1 aliphatic rings. The summed E-state index contributed by atoms with van der Waals surface area (Å²) >= 11 is 0. The predicted octanol–water partition coefficient (Wildman–Crippen LogP) is 1.60. The predicted molar refractivity (Wildman–Crippen MR) is 67.9 cm³/mol. The van der Waals surface area contributed by atoms with Crippen LogP contribution >= 0.6 is 0 Å². The number of nitrogens with zero attached hydrogens (tertiary/aromatic N) is 2. The van der Waals surface area contributed by atoms with Crippen LogP contribution in [-0.2, 0) is 11.2 Å². The normalized spacial score (nSPS) is 20.2. The molecule has 2 heterocycles. The zero-order valence-corrected chi connectivity index (χ0v) is 10.3. The summed E-state index contributed by atoms with van der Waals surface area (Å²) in [4.78, 5) is 8.23. The van der Waals surface area contributed by atoms with Crippen LogP contribution in [0.25, 0.3) is 0 Å². The third kappa shape index (κ3) is 3.30. The van der Waals surface area contributed by atoms with Crippen LogP contribution in [0.1, 0.15) is 31.7 Å². The molecule has 5 heteroatoms. The van der Waals surface area contributed by atoms with Gasteiger partial charge in [-0.1, -0.05) is 6.92 Å². The first-order valence-electron chi connectivity index (χ1n) is 6.26. The van der Waals surface area contributed by atoms with Crippen molar-refractivity contribution >= 4 is 11.8 Å². The first-order chi connectivity index (χ1) is 8.29. The number of ether oxygens (including phenoxy) is 1. The zero-order chi connectivity index (χ0) is 12.1. The van der Waals surface area contributed by atoms with Crippen LogP contribution in [-0.4, -0.2) is 29.2 Å². The van der Waals surface area contributed by atoms with E-state index in [-0.39, 0.29) is 0 Å². The van der Waals surface area contributed by atoms with E-state index in [0.717, 1.165) is 37.4 Å². The lowest BCUT2D eigenvalue weighted by atomic mass is 10.1. The first kappa shape index (κ1) is 12.1. The van der Waals surface area contributed by atoms with Crippen molar-refractivity contribution in [2.75, 3.05) is 24.2 Å². The summed E-state index contributed by atoms with van der Waals surface area (Å²) in [7, 11) is 0. The van der Waals surface area contributed by atoms with Gasteiger partial charge in [-0.2, -0.15) is 4.98 Å². The zero-order valence-electron chi connectivity index (χ0n) is 10.3. The second-order valence-electron chi connectivity index (χ2n) is 4.33. The summed E-state index contributed by atoms with van der Waals surface area (Å²) in [6.07, 6.45) is 6.52. The molecule has 0 aliphatic carbocycles. The van der Waals surface area contributed by atoms with Crippen LogP contribution in [0.2, 0.25) is 0 Å². The summed E-state index contributed by atoms with van der Waals surface area (Å²) < 4.78 is 5.67. The minimum atomic E-state index is 0.296. The Labute approximate surface area is 102 Å². The number of anilines is 2. The van der Waals surface area contributed by atoms with Gasteiger partial charge in [-0.3, -0.25) is 0 Å². The SMILES string of the molecule is CCc1cnc(N)nc1NCC1CCCCO1. The minimum Gasteiger partial charge on any atom is -0.376 e. The molecule has 5 nitrogen and oxygen atoms in total. The Balaban J connectivity index is 1.95. The number of nitrogens with two attached hydrogens (primary N) is 1. The molecule has 1 aromatic rings. The van der Waals surface area contributed by atoms with E-state index in [9.17, 15) is 0 Å². The van der Waals surface area contributed by atoms with Crippen molar-refractivity contribution in [1.29, 1.82) is 0 Å². The Hall–Kier alpha value is -1.36. The van der Waals surface area contributed by atoms with Crippen molar-refractivity contribution in [3.05, 3.63) is 11.8 Å². The van der Waals surface area contributed by atoms with Gasteiger partial charge in [0.05, 0.1) is 6.10 Å². The number of nitrogen functional groups attached to an aromatic ring is 1. The smallest absolute Gasteiger partial charge is 0.221 e. The van der Waals surface area contributed by atoms with E-state index in [1.165, 1.54) is 12.8 Å². The summed E-state index contributed by atoms with van der Waals surface area (Å²) in [6.45, 7) is 3.75. The molecule has 2 rings (SSSR count). The molecule has 0 spiro atoms. The molecule has 1 fully saturated rings. The van der Waals surface area contributed by atoms with E-state index in [1.807, 2.05) is 0 Å². The average molecular weight is 236 g/mol. The van der Waals surface area contributed by atoms with Crippen LogP contribution in [0, 0.1) is 0 Å². The van der Waals surface area contributed by atoms with Crippen molar-refractivity contribution in [2.45, 2.75) is 38.7 Å². The number of aromatic nitrogens is 2. The summed E-state index contributed by atoms with van der Waals surface area (Å²) in [6, 6.07) is 0. The molecule has 17 heavy (non-hydrogen) atoms. The molecule has 0 amide bonds. The number of aryl methyl sites for hydroxylation is 1. The first-order valence-corrected chi connectivity index (χ1v) is 6.26. The van der Waals surface area contributed by atoms with Gasteiger partial charge in [-0.15, -0.1) is 0 Å². The summed E-state index contributed by atoms with van der Waals surface area (Å²) in [5, 5.41) is 3.32. The van der Waals surface area contributed by atoms with Crippen LogP contribution in [0.5, 0.6) is 0 Å². The van der Waals surface area contributed by atoms with Crippen molar-refractivity contribution in [3.63, 3.8) is 0 Å². The molecule has 1 atom stereocenters. The highest BCUT2D eigenvalue weighted by Gasteiger charge is 2.14. The van der Waals surface area contributed by atoms with Crippen molar-refractivity contribution in [2.24, 2.45) is 0 Å². The van der Waals surface area contributed by atoms with Gasteiger partial charge in [-0.25, -0.2) is 4.98 Å². The Bertz CT molecular complexity index is 364. The largest absolute Gasteiger partial charge is 0.376 e. The second kappa shape index (κ2) is 5.82. The van der Waals surface area contributed by atoms with Gasteiger partial charge < -0.3 is 15.8 Å². The molecular weight excluding hydrogens is 216 g/mol. The lowest BCUT2D eigenvalue weighted by Crippen LogP contribution is -2.27. The lowest BCUT2D eigenvalue weighted by Gasteiger charge is -2.23. The monoisotopic (exact) mass is 236 g/mol. The molecular formula is C12H20N4O. The molecule has 1 unspecified atom stereocenters. The Morgan fingerprint density at radius 2 is 2.41 bits per heavy atom. The second-order valence-corrected chi connectivity index (χ2v) is 4.33. The van der Waals surface area contributed by atoms with Crippen molar-refractivity contribution < 1.29 is 4.74 Å². The fraction of sp³-hybridized carbons (Fsp3) is 0.667. The highest BCUT2D eigenvalue weighted by Crippen LogP contribution is 2.16. The molecule has 0 bridgehead atoms. The molecule has 3 N–H and O–H groups in total. The van der Waals surface area contributed by atoms with Gasteiger partial charge in [0.15, 0.2) is 0 Å². The minimum absolute atomic E-state index is 0.296. The number of nitrogens with one attached hydrogen (secondary N) is 1. The van der Waals surface area contributed by atoms with Gasteiger partial charge >= 0.3 is 0 Å². The average Bonchev–Trinajstić information content (AvgIpc) is 2.38. The maximum atomic E-state index is 5.67. The quantitative estimate of drug-likeness (QED) is 0.830. The molecule has 1 aliphatic heterocycles. The number of hydrogen-bond donors (Lipinski definition) is 2. The molecule has 0 saturated carbocycles. The van der Waals surface area contributed by atoms with Gasteiger partial charge in [0.25, 0.3) is 0 Å². The number of rotatable bonds is 4. The van der Waals surface area contributed by atoms with Crippen LogP contribution in [0.3, 0.4) is 0 Å². The molecule has 1 aromatic heterocycles. The Kier molecular flexibility index (Phi) is 4.14. The third-order valence-corrected chi connectivity index (χ3v) is 3.04. The highest BCUT2D eigenvalue weighted by atomic mass is 16.5. The number of hydrogen-bond acceptors (Lipinski definition) is 5. The molecule has 1 saturated heterocycles. The lowest BCUT2D eigenvalue weighted by molar-refractivity contribution is 0.0247. The fourth-order valence-corrected chi connectivity index (χ4v) is 2.01. The Morgan fingerprint density at radius 3 is 3.12 bits per heavy atom. The van der Waals surface area contributed by atoms with E-state index in [1.54, 1.807) is 6.20 Å². The van der Waals surface area contributed by atoms with Crippen LogP contribution in [0.4, 0.5) is 11.8 Å². The summed E-state index contributed by atoms with van der Waals surface area (Å²) in [5.74, 6) is 1.16. The topological polar surface area (TPSA) is 73.1 Å². The van der Waals surface area contributed by atoms with Gasteiger partial charge in [0, 0.05) is 24.9 Å². The van der Waals surface area contributed by atoms with E-state index in [2.05, 4.69) is 22.2 Å². The summed E-state index contributed by atoms with van der Waals surface area (Å²) in [5.41, 5.74) is 6.69. The highest BCUT2D eigenvalue weighted by molar-refractivity contribution is 5.46. The van der Waals surface area contributed by atoms with E-state index in [4.69, 9.17) is 10.5 Å². The standard InChI is InChI=1S/C12H20N4O/c1-2-9-7-15-12(13)16-11(9)14-8-10-5-3-4-6-17-10/h7,10H,2-6,8H2,1H3,(H3,13,14,15,16). The maximum absolute atomic E-state index is 5.67. The van der Waals surface area contributed by atoms with Gasteiger partial charge in [0.1, 0.15) is 5.82 Å². The van der Waals surface area contributed by atoms with Gasteiger partial charge in [-0.05, 0) is 25.7 Å². The van der Waals surface area contributed by atoms with Gasteiger partial charge in [0.2, 0.25) is 5.95 Å². The van der Waals surface area contributed by atoms with Crippen molar-refractivity contribution in [3.8, 4) is 0 Å². The van der Waals surface area contributed by atoms with Crippen LogP contribution in [0.15, 0.2) is 6.20 Å². The molecule has 0 radical (unpaired) electrons. The van der Waals surface area contributed by atoms with E-state index < -0.39 is 0 Å². The van der Waals surface area contributed by atoms with E-state index in [0.29, 0.717) is 12.1 Å². The third-order valence-electron chi connectivity index (χ3n) is 3.04. The van der Waals surface area contributed by atoms with Crippen molar-refractivity contribution in [1.82, 2.24) is 9.97 Å². The molecule has 94 valence electrons.